The lowest BCUT2D eigenvalue weighted by Gasteiger charge is -2.08. The molecule has 25 heavy (non-hydrogen) atoms. The van der Waals surface area contributed by atoms with E-state index in [-0.39, 0.29) is 5.91 Å². The van der Waals surface area contributed by atoms with Gasteiger partial charge in [0.15, 0.2) is 5.16 Å². The van der Waals surface area contributed by atoms with Crippen LogP contribution in [0.3, 0.4) is 0 Å². The molecule has 2 heterocycles. The Morgan fingerprint density at radius 3 is 3.08 bits per heavy atom. The fourth-order valence-electron chi connectivity index (χ4n) is 2.62. The third-order valence-corrected chi connectivity index (χ3v) is 5.72. The molecule has 1 amide bonds. The molecular formula is C18H18N4OS2. The maximum atomic E-state index is 12.3. The van der Waals surface area contributed by atoms with Gasteiger partial charge >= 0.3 is 0 Å². The van der Waals surface area contributed by atoms with E-state index in [0.29, 0.717) is 11.8 Å². The molecule has 0 unspecified atom stereocenters. The third kappa shape index (κ3) is 3.93. The number of aryl methyl sites for hydroxylation is 1. The summed E-state index contributed by atoms with van der Waals surface area (Å²) < 4.78 is 2.17. The number of anilines is 1. The number of rotatable bonds is 6. The van der Waals surface area contributed by atoms with Crippen molar-refractivity contribution in [3.63, 3.8) is 0 Å². The molecular weight excluding hydrogens is 352 g/mol. The molecule has 1 aromatic carbocycles. The Bertz CT molecular complexity index is 898. The zero-order valence-electron chi connectivity index (χ0n) is 13.8. The first-order chi connectivity index (χ1) is 12.2. The van der Waals surface area contributed by atoms with Gasteiger partial charge in [0, 0.05) is 35.1 Å². The standard InChI is InChI=1S/C18H18N4OS2/c1-12-20-16(10-24-12)13-3-2-4-14(9-13)21-17(23)11-25-18-19-7-8-22(18)15-5-6-15/h2-4,7-10,15H,5-6,11H2,1H3,(H,21,23). The second-order valence-corrected chi connectivity index (χ2v) is 8.02. The largest absolute Gasteiger partial charge is 0.325 e. The van der Waals surface area contributed by atoms with Crippen molar-refractivity contribution in [2.45, 2.75) is 31.0 Å². The molecule has 1 N–H and O–H groups in total. The van der Waals surface area contributed by atoms with Crippen LogP contribution >= 0.6 is 23.1 Å². The average molecular weight is 371 g/mol. The van der Waals surface area contributed by atoms with E-state index in [0.717, 1.165) is 27.1 Å². The van der Waals surface area contributed by atoms with Crippen LogP contribution in [-0.2, 0) is 4.79 Å². The van der Waals surface area contributed by atoms with Crippen LogP contribution in [0, 0.1) is 6.92 Å². The van der Waals surface area contributed by atoms with Crippen molar-refractivity contribution in [1.82, 2.24) is 14.5 Å². The Hall–Kier alpha value is -2.12. The van der Waals surface area contributed by atoms with Gasteiger partial charge in [0.05, 0.1) is 16.5 Å². The fourth-order valence-corrected chi connectivity index (χ4v) is 4.07. The summed E-state index contributed by atoms with van der Waals surface area (Å²) in [5, 5.41) is 6.95. The lowest BCUT2D eigenvalue weighted by Crippen LogP contribution is -2.14. The normalized spacial score (nSPS) is 13.8. The number of nitrogens with one attached hydrogen (secondary N) is 1. The van der Waals surface area contributed by atoms with Gasteiger partial charge in [-0.3, -0.25) is 4.79 Å². The number of nitrogens with zero attached hydrogens (tertiary/aromatic N) is 3. The highest BCUT2D eigenvalue weighted by Crippen LogP contribution is 2.37. The molecule has 1 aliphatic rings. The van der Waals surface area contributed by atoms with Crippen molar-refractivity contribution in [3.8, 4) is 11.3 Å². The summed E-state index contributed by atoms with van der Waals surface area (Å²) in [5.74, 6) is 0.325. The van der Waals surface area contributed by atoms with Crippen LogP contribution in [0.25, 0.3) is 11.3 Å². The van der Waals surface area contributed by atoms with Crippen LogP contribution in [0.1, 0.15) is 23.9 Å². The summed E-state index contributed by atoms with van der Waals surface area (Å²) in [7, 11) is 0. The van der Waals surface area contributed by atoms with Crippen molar-refractivity contribution >= 4 is 34.7 Å². The predicted octanol–water partition coefficient (Wildman–Crippen LogP) is 4.38. The van der Waals surface area contributed by atoms with Gasteiger partial charge in [0.25, 0.3) is 0 Å². The Morgan fingerprint density at radius 2 is 2.32 bits per heavy atom. The highest BCUT2D eigenvalue weighted by atomic mass is 32.2. The summed E-state index contributed by atoms with van der Waals surface area (Å²) in [4.78, 5) is 21.1. The van der Waals surface area contributed by atoms with Gasteiger partial charge < -0.3 is 9.88 Å². The maximum absolute atomic E-state index is 12.3. The molecule has 1 saturated carbocycles. The number of hydrogen-bond acceptors (Lipinski definition) is 5. The van der Waals surface area contributed by atoms with Crippen molar-refractivity contribution < 1.29 is 4.79 Å². The van der Waals surface area contributed by atoms with E-state index in [4.69, 9.17) is 0 Å². The van der Waals surface area contributed by atoms with Crippen LogP contribution in [0.15, 0.2) is 47.2 Å². The molecule has 3 aromatic rings. The molecule has 4 rings (SSSR count). The summed E-state index contributed by atoms with van der Waals surface area (Å²) in [6.07, 6.45) is 6.22. The van der Waals surface area contributed by atoms with E-state index < -0.39 is 0 Å². The lowest BCUT2D eigenvalue weighted by atomic mass is 10.1. The quantitative estimate of drug-likeness (QED) is 0.654. The number of imidazole rings is 1. The van der Waals surface area contributed by atoms with Gasteiger partial charge in [-0.2, -0.15) is 0 Å². The van der Waals surface area contributed by atoms with Crippen molar-refractivity contribution in [1.29, 1.82) is 0 Å². The van der Waals surface area contributed by atoms with E-state index in [2.05, 4.69) is 19.9 Å². The Balaban J connectivity index is 1.38. The highest BCUT2D eigenvalue weighted by molar-refractivity contribution is 7.99. The first kappa shape index (κ1) is 16.4. The number of amides is 1. The molecule has 0 radical (unpaired) electrons. The molecule has 128 valence electrons. The number of aromatic nitrogens is 3. The highest BCUT2D eigenvalue weighted by Gasteiger charge is 2.25. The smallest absolute Gasteiger partial charge is 0.234 e. The second kappa shape index (κ2) is 7.01. The van der Waals surface area contributed by atoms with Gasteiger partial charge in [-0.15, -0.1) is 11.3 Å². The Morgan fingerprint density at radius 1 is 1.44 bits per heavy atom. The zero-order valence-corrected chi connectivity index (χ0v) is 15.4. The van der Waals surface area contributed by atoms with Gasteiger partial charge in [-0.05, 0) is 31.9 Å². The first-order valence-corrected chi connectivity index (χ1v) is 10.0. The molecule has 2 aromatic heterocycles. The molecule has 0 bridgehead atoms. The number of carbonyl (C=O) groups excluding carboxylic acids is 1. The number of carbonyl (C=O) groups is 1. The van der Waals surface area contributed by atoms with Crippen LogP contribution in [-0.4, -0.2) is 26.2 Å². The van der Waals surface area contributed by atoms with E-state index in [1.54, 1.807) is 17.5 Å². The third-order valence-electron chi connectivity index (χ3n) is 3.97. The summed E-state index contributed by atoms with van der Waals surface area (Å²) in [6, 6.07) is 8.38. The molecule has 7 heteroatoms. The molecule has 0 spiro atoms. The number of thioether (sulfide) groups is 1. The topological polar surface area (TPSA) is 59.8 Å². The number of thiazole rings is 1. The molecule has 5 nitrogen and oxygen atoms in total. The average Bonchev–Trinajstić information content (AvgIpc) is 3.18. The first-order valence-electron chi connectivity index (χ1n) is 8.17. The minimum Gasteiger partial charge on any atom is -0.325 e. The molecule has 0 saturated heterocycles. The van der Waals surface area contributed by atoms with Crippen molar-refractivity contribution in [2.24, 2.45) is 0 Å². The van der Waals surface area contributed by atoms with E-state index in [1.165, 1.54) is 24.6 Å². The Labute approximate surface area is 154 Å². The minimum atomic E-state index is -0.0260. The number of benzene rings is 1. The molecule has 0 atom stereocenters. The van der Waals surface area contributed by atoms with Crippen molar-refractivity contribution in [3.05, 3.63) is 47.0 Å². The minimum absolute atomic E-state index is 0.0260. The van der Waals surface area contributed by atoms with Crippen LogP contribution in [0.4, 0.5) is 5.69 Å². The van der Waals surface area contributed by atoms with E-state index >= 15 is 0 Å². The summed E-state index contributed by atoms with van der Waals surface area (Å²) in [6.45, 7) is 1.99. The van der Waals surface area contributed by atoms with Crippen LogP contribution in [0.5, 0.6) is 0 Å². The van der Waals surface area contributed by atoms with Gasteiger partial charge in [-0.25, -0.2) is 9.97 Å². The lowest BCUT2D eigenvalue weighted by molar-refractivity contribution is -0.113. The van der Waals surface area contributed by atoms with E-state index in [1.807, 2.05) is 42.8 Å². The Kier molecular flexibility index (Phi) is 4.59. The second-order valence-electron chi connectivity index (χ2n) is 6.02. The van der Waals surface area contributed by atoms with Crippen LogP contribution < -0.4 is 5.32 Å². The number of hydrogen-bond donors (Lipinski definition) is 1. The van der Waals surface area contributed by atoms with Gasteiger partial charge in [0.2, 0.25) is 5.91 Å². The molecule has 1 fully saturated rings. The zero-order chi connectivity index (χ0) is 17.2. The summed E-state index contributed by atoms with van der Waals surface area (Å²) >= 11 is 3.11. The van der Waals surface area contributed by atoms with Crippen molar-refractivity contribution in [2.75, 3.05) is 11.1 Å². The molecule has 1 aliphatic carbocycles. The van der Waals surface area contributed by atoms with Gasteiger partial charge in [-0.1, -0.05) is 23.9 Å². The fraction of sp³-hybridized carbons (Fsp3) is 0.278. The van der Waals surface area contributed by atoms with Crippen LogP contribution in [0.2, 0.25) is 0 Å². The predicted molar refractivity (Wildman–Crippen MR) is 102 cm³/mol. The van der Waals surface area contributed by atoms with Gasteiger partial charge in [0.1, 0.15) is 0 Å². The monoisotopic (exact) mass is 370 g/mol. The maximum Gasteiger partial charge on any atom is 0.234 e. The molecule has 0 aliphatic heterocycles. The SMILES string of the molecule is Cc1nc(-c2cccc(NC(=O)CSc3nccn3C3CC3)c2)cs1. The summed E-state index contributed by atoms with van der Waals surface area (Å²) in [5.41, 5.74) is 2.75. The van der Waals surface area contributed by atoms with E-state index in [9.17, 15) is 4.79 Å².